The van der Waals surface area contributed by atoms with Gasteiger partial charge in [0, 0.05) is 31.1 Å². The van der Waals surface area contributed by atoms with Crippen LogP contribution in [0.3, 0.4) is 0 Å². The molecule has 0 spiro atoms. The first-order valence-corrected chi connectivity index (χ1v) is 11.3. The highest BCUT2D eigenvalue weighted by atomic mass is 32.2. The second-order valence-electron chi connectivity index (χ2n) is 7.32. The number of carbonyl (C=O) groups excluding carboxylic acids is 1. The molecule has 158 valence electrons. The van der Waals surface area contributed by atoms with Gasteiger partial charge in [0.2, 0.25) is 10.0 Å². The van der Waals surface area contributed by atoms with E-state index in [0.29, 0.717) is 37.6 Å². The Labute approximate surface area is 175 Å². The minimum Gasteiger partial charge on any atom is -0.459 e. The van der Waals surface area contributed by atoms with Crippen molar-refractivity contribution in [2.45, 2.75) is 17.9 Å². The van der Waals surface area contributed by atoms with Crippen molar-refractivity contribution in [2.75, 3.05) is 33.4 Å². The van der Waals surface area contributed by atoms with Crippen molar-refractivity contribution >= 4 is 26.9 Å². The summed E-state index contributed by atoms with van der Waals surface area (Å²) < 4.78 is 38.3. The van der Waals surface area contributed by atoms with E-state index in [1.165, 1.54) is 16.4 Å². The van der Waals surface area contributed by atoms with Gasteiger partial charge in [0.25, 0.3) is 5.91 Å². The van der Waals surface area contributed by atoms with E-state index in [9.17, 15) is 13.2 Å². The Bertz CT molecular complexity index is 1130. The number of ether oxygens (including phenoxy) is 1. The third kappa shape index (κ3) is 3.86. The Balaban J connectivity index is 1.57. The lowest BCUT2D eigenvalue weighted by atomic mass is 10.1. The lowest BCUT2D eigenvalue weighted by Crippen LogP contribution is -2.40. The number of rotatable bonds is 5. The molecule has 0 bridgehead atoms. The van der Waals surface area contributed by atoms with Crippen LogP contribution in [0, 0.1) is 0 Å². The molecule has 0 N–H and O–H groups in total. The van der Waals surface area contributed by atoms with Gasteiger partial charge in [0.05, 0.1) is 24.2 Å². The topological polar surface area (TPSA) is 80.1 Å². The third-order valence-electron chi connectivity index (χ3n) is 5.45. The van der Waals surface area contributed by atoms with E-state index >= 15 is 0 Å². The Morgan fingerprint density at radius 1 is 1.07 bits per heavy atom. The van der Waals surface area contributed by atoms with Crippen molar-refractivity contribution in [1.82, 2.24) is 9.21 Å². The number of benzene rings is 2. The van der Waals surface area contributed by atoms with Gasteiger partial charge in [0.1, 0.15) is 11.3 Å². The molecule has 1 unspecified atom stereocenters. The summed E-state index contributed by atoms with van der Waals surface area (Å²) in [5.41, 5.74) is 1.08. The molecule has 8 heteroatoms. The first-order valence-electron chi connectivity index (χ1n) is 9.81. The van der Waals surface area contributed by atoms with Gasteiger partial charge >= 0.3 is 0 Å². The summed E-state index contributed by atoms with van der Waals surface area (Å²) in [5, 5.41) is 0.971. The van der Waals surface area contributed by atoms with Crippen molar-refractivity contribution in [1.29, 1.82) is 0 Å². The molecule has 1 fully saturated rings. The van der Waals surface area contributed by atoms with Crippen LogP contribution in [0.4, 0.5) is 0 Å². The molecule has 7 nitrogen and oxygen atoms in total. The fourth-order valence-corrected chi connectivity index (χ4v) is 4.96. The number of amides is 1. The average molecular weight is 429 g/mol. The molecule has 1 atom stereocenters. The molecule has 0 aliphatic carbocycles. The van der Waals surface area contributed by atoms with Crippen molar-refractivity contribution in [3.8, 4) is 0 Å². The average Bonchev–Trinajstić information content (AvgIpc) is 3.22. The van der Waals surface area contributed by atoms with E-state index in [-0.39, 0.29) is 16.8 Å². The molecule has 3 aromatic rings. The fraction of sp³-hybridized carbons (Fsp3) is 0.318. The first kappa shape index (κ1) is 20.6. The number of carbonyl (C=O) groups is 1. The van der Waals surface area contributed by atoms with Gasteiger partial charge in [-0.25, -0.2) is 8.42 Å². The molecule has 0 saturated carbocycles. The predicted molar refractivity (Wildman–Crippen MR) is 113 cm³/mol. The summed E-state index contributed by atoms with van der Waals surface area (Å²) in [6.45, 7) is 3.24. The summed E-state index contributed by atoms with van der Waals surface area (Å²) >= 11 is 0. The molecule has 1 aromatic heterocycles. The second kappa shape index (κ2) is 8.22. The van der Waals surface area contributed by atoms with E-state index in [0.717, 1.165) is 11.0 Å². The summed E-state index contributed by atoms with van der Waals surface area (Å²) in [6, 6.07) is 15.5. The number of hydrogen-bond donors (Lipinski definition) is 0. The molecular weight excluding hydrogens is 404 g/mol. The van der Waals surface area contributed by atoms with Crippen LogP contribution in [0.25, 0.3) is 11.0 Å². The van der Waals surface area contributed by atoms with Gasteiger partial charge in [-0.1, -0.05) is 24.3 Å². The van der Waals surface area contributed by atoms with Gasteiger partial charge in [-0.2, -0.15) is 4.31 Å². The highest BCUT2D eigenvalue weighted by molar-refractivity contribution is 7.89. The van der Waals surface area contributed by atoms with E-state index in [1.54, 1.807) is 24.1 Å². The van der Waals surface area contributed by atoms with Crippen LogP contribution in [0.1, 0.15) is 29.1 Å². The number of hydrogen-bond acceptors (Lipinski definition) is 5. The Hall–Kier alpha value is -2.68. The number of fused-ring (bicyclic) bond motifs is 1. The summed E-state index contributed by atoms with van der Waals surface area (Å²) in [7, 11) is -1.99. The molecule has 4 rings (SSSR count). The highest BCUT2D eigenvalue weighted by Crippen LogP contribution is 2.28. The summed E-state index contributed by atoms with van der Waals surface area (Å²) in [5.74, 6) is 0.395. The summed E-state index contributed by atoms with van der Waals surface area (Å²) in [4.78, 5) is 14.8. The predicted octanol–water partition coefficient (Wildman–Crippen LogP) is 3.29. The van der Waals surface area contributed by atoms with Crippen LogP contribution in [0.2, 0.25) is 0 Å². The minimum atomic E-state index is -3.67. The van der Waals surface area contributed by atoms with Crippen LogP contribution in [-0.2, 0) is 14.8 Å². The Morgan fingerprint density at radius 3 is 2.53 bits per heavy atom. The molecule has 1 saturated heterocycles. The van der Waals surface area contributed by atoms with Crippen LogP contribution in [-0.4, -0.2) is 56.9 Å². The Kier molecular flexibility index (Phi) is 5.64. The van der Waals surface area contributed by atoms with Gasteiger partial charge in [-0.3, -0.25) is 4.79 Å². The van der Waals surface area contributed by atoms with Crippen molar-refractivity contribution in [2.24, 2.45) is 0 Å². The zero-order valence-corrected chi connectivity index (χ0v) is 17.8. The largest absolute Gasteiger partial charge is 0.459 e. The monoisotopic (exact) mass is 428 g/mol. The van der Waals surface area contributed by atoms with Gasteiger partial charge in [-0.15, -0.1) is 0 Å². The third-order valence-corrected chi connectivity index (χ3v) is 7.34. The lowest BCUT2D eigenvalue weighted by molar-refractivity contribution is 0.0724. The lowest BCUT2D eigenvalue weighted by Gasteiger charge is -2.26. The van der Waals surface area contributed by atoms with Crippen LogP contribution in [0.5, 0.6) is 0 Å². The smallest absolute Gasteiger partial charge is 0.254 e. The van der Waals surface area contributed by atoms with E-state index in [1.807, 2.05) is 37.3 Å². The second-order valence-corrected chi connectivity index (χ2v) is 9.26. The molecule has 1 aliphatic heterocycles. The summed E-state index contributed by atoms with van der Waals surface area (Å²) in [6.07, 6.45) is 0. The zero-order valence-electron chi connectivity index (χ0n) is 16.9. The van der Waals surface area contributed by atoms with Crippen LogP contribution >= 0.6 is 0 Å². The normalized spacial score (nSPS) is 16.5. The van der Waals surface area contributed by atoms with E-state index < -0.39 is 10.0 Å². The SMILES string of the molecule is CC(c1cc2ccccc2o1)N(C)C(=O)c1cccc(S(=O)(=O)N2CCOCC2)c1. The fourth-order valence-electron chi connectivity index (χ4n) is 3.50. The van der Waals surface area contributed by atoms with Crippen molar-refractivity contribution in [3.63, 3.8) is 0 Å². The maximum Gasteiger partial charge on any atom is 0.254 e. The zero-order chi connectivity index (χ0) is 21.3. The minimum absolute atomic E-state index is 0.111. The van der Waals surface area contributed by atoms with Crippen molar-refractivity contribution in [3.05, 3.63) is 65.9 Å². The standard InChI is InChI=1S/C22H24N2O5S/c1-16(21-15-17-6-3-4-9-20(17)29-21)23(2)22(25)18-7-5-8-19(14-18)30(26,27)24-10-12-28-13-11-24/h3-9,14-16H,10-13H2,1-2H3. The molecule has 0 radical (unpaired) electrons. The molecular formula is C22H24N2O5S. The molecule has 1 amide bonds. The highest BCUT2D eigenvalue weighted by Gasteiger charge is 2.28. The maximum atomic E-state index is 13.1. The number of para-hydroxylation sites is 1. The Morgan fingerprint density at radius 2 is 1.80 bits per heavy atom. The van der Waals surface area contributed by atoms with E-state index in [4.69, 9.17) is 9.15 Å². The number of furan rings is 1. The van der Waals surface area contributed by atoms with Crippen LogP contribution < -0.4 is 0 Å². The van der Waals surface area contributed by atoms with E-state index in [2.05, 4.69) is 0 Å². The van der Waals surface area contributed by atoms with Gasteiger partial charge < -0.3 is 14.1 Å². The molecule has 30 heavy (non-hydrogen) atoms. The van der Waals surface area contributed by atoms with Crippen molar-refractivity contribution < 1.29 is 22.4 Å². The first-order chi connectivity index (χ1) is 14.4. The number of nitrogens with zero attached hydrogens (tertiary/aromatic N) is 2. The quantitative estimate of drug-likeness (QED) is 0.623. The van der Waals surface area contributed by atoms with Crippen LogP contribution in [0.15, 0.2) is 63.9 Å². The maximum absolute atomic E-state index is 13.1. The van der Waals surface area contributed by atoms with Gasteiger partial charge in [-0.05, 0) is 37.3 Å². The number of morpholine rings is 1. The molecule has 2 aromatic carbocycles. The number of sulfonamides is 1. The molecule has 2 heterocycles. The molecule has 1 aliphatic rings. The van der Waals surface area contributed by atoms with Gasteiger partial charge in [0.15, 0.2) is 0 Å².